The van der Waals surface area contributed by atoms with Crippen molar-refractivity contribution in [2.45, 2.75) is 19.9 Å². The predicted molar refractivity (Wildman–Crippen MR) is 120 cm³/mol. The number of carbonyl (C=O) groups is 1. The number of hydrogen-bond donors (Lipinski definition) is 1. The molecular formula is C24H22BrN3O. The Labute approximate surface area is 178 Å². The summed E-state index contributed by atoms with van der Waals surface area (Å²) in [7, 11) is 0. The molecule has 3 aromatic carbocycles. The van der Waals surface area contributed by atoms with Crippen LogP contribution in [0.5, 0.6) is 0 Å². The predicted octanol–water partition coefficient (Wildman–Crippen LogP) is 5.13. The van der Waals surface area contributed by atoms with Crippen molar-refractivity contribution in [2.75, 3.05) is 6.54 Å². The second-order valence-electron chi connectivity index (χ2n) is 7.04. The highest BCUT2D eigenvalue weighted by Crippen LogP contribution is 2.20. The van der Waals surface area contributed by atoms with Gasteiger partial charge in [0.1, 0.15) is 5.82 Å². The second kappa shape index (κ2) is 8.62. The summed E-state index contributed by atoms with van der Waals surface area (Å²) in [4.78, 5) is 17.2. The number of amides is 1. The van der Waals surface area contributed by atoms with Gasteiger partial charge >= 0.3 is 0 Å². The molecular weight excluding hydrogens is 426 g/mol. The van der Waals surface area contributed by atoms with E-state index < -0.39 is 0 Å². The fourth-order valence-electron chi connectivity index (χ4n) is 3.44. The summed E-state index contributed by atoms with van der Waals surface area (Å²) < 4.78 is 3.21. The van der Waals surface area contributed by atoms with Gasteiger partial charge in [0.15, 0.2) is 0 Å². The zero-order valence-electron chi connectivity index (χ0n) is 16.2. The summed E-state index contributed by atoms with van der Waals surface area (Å²) in [6.45, 7) is 3.43. The first-order valence-electron chi connectivity index (χ1n) is 9.64. The molecule has 0 saturated carbocycles. The molecule has 146 valence electrons. The van der Waals surface area contributed by atoms with Crippen LogP contribution in [0.1, 0.15) is 27.3 Å². The van der Waals surface area contributed by atoms with Crippen LogP contribution in [0.2, 0.25) is 0 Å². The van der Waals surface area contributed by atoms with Crippen LogP contribution in [-0.2, 0) is 13.0 Å². The number of hydrogen-bond acceptors (Lipinski definition) is 2. The summed E-state index contributed by atoms with van der Waals surface area (Å²) >= 11 is 3.39. The number of imidazole rings is 1. The van der Waals surface area contributed by atoms with Crippen LogP contribution in [0.25, 0.3) is 11.0 Å². The van der Waals surface area contributed by atoms with E-state index in [0.717, 1.165) is 27.9 Å². The van der Waals surface area contributed by atoms with Gasteiger partial charge in [0, 0.05) is 29.5 Å². The average molecular weight is 448 g/mol. The van der Waals surface area contributed by atoms with Gasteiger partial charge in [-0.3, -0.25) is 4.79 Å². The number of aromatic nitrogens is 2. The first-order valence-corrected chi connectivity index (χ1v) is 10.4. The average Bonchev–Trinajstić information content (AvgIpc) is 3.07. The van der Waals surface area contributed by atoms with Crippen LogP contribution < -0.4 is 5.32 Å². The van der Waals surface area contributed by atoms with E-state index in [1.807, 2.05) is 42.5 Å². The Balaban J connectivity index is 1.53. The first-order chi connectivity index (χ1) is 14.1. The standard InChI is InChI=1S/C24H22BrN3O/c1-17-6-2-3-7-19(17)16-28-22-9-5-4-8-21(22)27-23(28)14-15-26-24(29)18-10-12-20(25)13-11-18/h2-13H,14-16H2,1H3,(H,26,29). The summed E-state index contributed by atoms with van der Waals surface area (Å²) in [5, 5.41) is 3.01. The summed E-state index contributed by atoms with van der Waals surface area (Å²) in [6, 6.07) is 24.0. The highest BCUT2D eigenvalue weighted by atomic mass is 79.9. The molecule has 0 bridgehead atoms. The Hall–Kier alpha value is -2.92. The zero-order chi connectivity index (χ0) is 20.2. The maximum absolute atomic E-state index is 12.4. The molecule has 1 heterocycles. The zero-order valence-corrected chi connectivity index (χ0v) is 17.8. The van der Waals surface area contributed by atoms with Crippen LogP contribution in [0, 0.1) is 6.92 Å². The van der Waals surface area contributed by atoms with E-state index in [-0.39, 0.29) is 5.91 Å². The maximum atomic E-state index is 12.4. The van der Waals surface area contributed by atoms with Gasteiger partial charge < -0.3 is 9.88 Å². The third-order valence-corrected chi connectivity index (χ3v) is 5.59. The monoisotopic (exact) mass is 447 g/mol. The SMILES string of the molecule is Cc1ccccc1Cn1c(CCNC(=O)c2ccc(Br)cc2)nc2ccccc21. The van der Waals surface area contributed by atoms with Crippen molar-refractivity contribution < 1.29 is 4.79 Å². The van der Waals surface area contributed by atoms with Gasteiger partial charge in [0.2, 0.25) is 0 Å². The Morgan fingerprint density at radius 3 is 2.52 bits per heavy atom. The van der Waals surface area contributed by atoms with Crippen molar-refractivity contribution in [3.63, 3.8) is 0 Å². The molecule has 0 fully saturated rings. The van der Waals surface area contributed by atoms with E-state index in [1.54, 1.807) is 0 Å². The molecule has 0 atom stereocenters. The minimum Gasteiger partial charge on any atom is -0.352 e. The van der Waals surface area contributed by atoms with E-state index in [2.05, 4.69) is 63.1 Å². The number of halogens is 1. The Morgan fingerprint density at radius 1 is 1.00 bits per heavy atom. The van der Waals surface area contributed by atoms with Crippen molar-refractivity contribution >= 4 is 32.9 Å². The van der Waals surface area contributed by atoms with E-state index in [4.69, 9.17) is 4.98 Å². The van der Waals surface area contributed by atoms with E-state index >= 15 is 0 Å². The Bertz CT molecular complexity index is 1150. The Kier molecular flexibility index (Phi) is 5.76. The van der Waals surface area contributed by atoms with Crippen molar-refractivity contribution in [2.24, 2.45) is 0 Å². The normalized spacial score (nSPS) is 11.0. The fourth-order valence-corrected chi connectivity index (χ4v) is 3.71. The van der Waals surface area contributed by atoms with Crippen molar-refractivity contribution in [3.05, 3.63) is 99.8 Å². The molecule has 4 nitrogen and oxygen atoms in total. The quantitative estimate of drug-likeness (QED) is 0.445. The lowest BCUT2D eigenvalue weighted by molar-refractivity contribution is 0.0954. The smallest absolute Gasteiger partial charge is 0.251 e. The number of carbonyl (C=O) groups excluding carboxylic acids is 1. The molecule has 29 heavy (non-hydrogen) atoms. The van der Waals surface area contributed by atoms with Crippen molar-refractivity contribution in [1.82, 2.24) is 14.9 Å². The minimum absolute atomic E-state index is 0.0703. The minimum atomic E-state index is -0.0703. The summed E-state index contributed by atoms with van der Waals surface area (Å²) in [6.07, 6.45) is 0.669. The lowest BCUT2D eigenvalue weighted by atomic mass is 10.1. The summed E-state index contributed by atoms with van der Waals surface area (Å²) in [5.41, 5.74) is 5.29. The Morgan fingerprint density at radius 2 is 1.72 bits per heavy atom. The number of aryl methyl sites for hydroxylation is 1. The van der Waals surface area contributed by atoms with Crippen LogP contribution in [0.3, 0.4) is 0 Å². The van der Waals surface area contributed by atoms with Crippen LogP contribution >= 0.6 is 15.9 Å². The van der Waals surface area contributed by atoms with Crippen molar-refractivity contribution in [1.29, 1.82) is 0 Å². The van der Waals surface area contributed by atoms with Gasteiger partial charge in [-0.15, -0.1) is 0 Å². The first kappa shape index (κ1) is 19.4. The third-order valence-electron chi connectivity index (χ3n) is 5.06. The maximum Gasteiger partial charge on any atom is 0.251 e. The van der Waals surface area contributed by atoms with Gasteiger partial charge in [0.05, 0.1) is 11.0 Å². The number of para-hydroxylation sites is 2. The fraction of sp³-hybridized carbons (Fsp3) is 0.167. The molecule has 5 heteroatoms. The molecule has 4 rings (SSSR count). The van der Waals surface area contributed by atoms with E-state index in [9.17, 15) is 4.79 Å². The van der Waals surface area contributed by atoms with E-state index in [1.165, 1.54) is 11.1 Å². The van der Waals surface area contributed by atoms with Gasteiger partial charge in [-0.05, 0) is 54.4 Å². The third kappa shape index (κ3) is 4.40. The van der Waals surface area contributed by atoms with Crippen LogP contribution in [0.4, 0.5) is 0 Å². The van der Waals surface area contributed by atoms with Gasteiger partial charge in [-0.2, -0.15) is 0 Å². The molecule has 1 amide bonds. The number of benzene rings is 3. The molecule has 4 aromatic rings. The molecule has 0 unspecified atom stereocenters. The van der Waals surface area contributed by atoms with Gasteiger partial charge in [0.25, 0.3) is 5.91 Å². The number of nitrogens with one attached hydrogen (secondary N) is 1. The van der Waals surface area contributed by atoms with Gasteiger partial charge in [-0.1, -0.05) is 52.3 Å². The molecule has 0 radical (unpaired) electrons. The number of fused-ring (bicyclic) bond motifs is 1. The number of nitrogens with zero attached hydrogens (tertiary/aromatic N) is 2. The van der Waals surface area contributed by atoms with Crippen LogP contribution in [-0.4, -0.2) is 22.0 Å². The molecule has 0 spiro atoms. The highest BCUT2D eigenvalue weighted by Gasteiger charge is 2.12. The van der Waals surface area contributed by atoms with Crippen molar-refractivity contribution in [3.8, 4) is 0 Å². The number of rotatable bonds is 6. The second-order valence-corrected chi connectivity index (χ2v) is 7.96. The molecule has 1 aromatic heterocycles. The lowest BCUT2D eigenvalue weighted by Gasteiger charge is -2.12. The lowest BCUT2D eigenvalue weighted by Crippen LogP contribution is -2.26. The molecule has 0 aliphatic rings. The highest BCUT2D eigenvalue weighted by molar-refractivity contribution is 9.10. The topological polar surface area (TPSA) is 46.9 Å². The molecule has 0 aliphatic heterocycles. The van der Waals surface area contributed by atoms with E-state index in [0.29, 0.717) is 18.5 Å². The largest absolute Gasteiger partial charge is 0.352 e. The molecule has 0 saturated heterocycles. The van der Waals surface area contributed by atoms with Crippen LogP contribution in [0.15, 0.2) is 77.3 Å². The molecule has 0 aliphatic carbocycles. The summed E-state index contributed by atoms with van der Waals surface area (Å²) in [5.74, 6) is 0.907. The van der Waals surface area contributed by atoms with Gasteiger partial charge in [-0.25, -0.2) is 4.98 Å². The molecule has 1 N–H and O–H groups in total.